The molecular formula is C35H38ClN3O8. The molecule has 4 aliphatic rings. The Morgan fingerprint density at radius 2 is 1.81 bits per heavy atom. The monoisotopic (exact) mass is 663 g/mol. The number of aliphatic hydroxyl groups is 1. The maximum absolute atomic E-state index is 14.5. The lowest BCUT2D eigenvalue weighted by molar-refractivity contribution is -0.162. The molecule has 0 radical (unpaired) electrons. The molecule has 2 aromatic rings. The summed E-state index contributed by atoms with van der Waals surface area (Å²) in [6.07, 6.45) is 5.82. The van der Waals surface area contributed by atoms with Gasteiger partial charge in [0.15, 0.2) is 0 Å². The molecule has 2 aromatic carbocycles. The summed E-state index contributed by atoms with van der Waals surface area (Å²) in [6, 6.07) is 14.1. The standard InChI is InChI=1S/C35H38ClN3O8/c1-45-21-24-30(22-11-3-2-4-12-22)46-34(44)28-26(15-7-8-16-27(41)37-24)47-35-17-9-18-38(25-14-6-5-13-23(25)36)33(43)31(35)39(19-10-20-40)32(42)29(28)35/h2-7,9,11-15,17,24,26,28-31,40H,8,10,16,18-21H2,1H3,(H,37,41)/b15-7-/t24-,26-,28+,29+,30-,31-,35+/m1/s1. The summed E-state index contributed by atoms with van der Waals surface area (Å²) in [5.41, 5.74) is -0.392. The van der Waals surface area contributed by atoms with Crippen molar-refractivity contribution in [3.63, 3.8) is 0 Å². The number of ether oxygens (including phenoxy) is 3. The third-order valence-electron chi connectivity index (χ3n) is 9.26. The van der Waals surface area contributed by atoms with Crippen molar-refractivity contribution in [2.24, 2.45) is 11.8 Å². The Kier molecular flexibility index (Phi) is 9.79. The van der Waals surface area contributed by atoms with Gasteiger partial charge < -0.3 is 34.4 Å². The van der Waals surface area contributed by atoms with Crippen LogP contribution in [-0.2, 0) is 33.4 Å². The number of aliphatic hydroxyl groups excluding tert-OH is 1. The molecule has 6 rings (SSSR count). The van der Waals surface area contributed by atoms with Gasteiger partial charge in [-0.05, 0) is 30.5 Å². The van der Waals surface area contributed by atoms with E-state index in [-0.39, 0.29) is 45.1 Å². The average Bonchev–Trinajstić information content (AvgIpc) is 3.45. The van der Waals surface area contributed by atoms with E-state index >= 15 is 0 Å². The molecule has 0 aromatic heterocycles. The van der Waals surface area contributed by atoms with Gasteiger partial charge in [-0.15, -0.1) is 0 Å². The van der Waals surface area contributed by atoms with Gasteiger partial charge in [0, 0.05) is 33.2 Å². The predicted octanol–water partition coefficient (Wildman–Crippen LogP) is 2.97. The van der Waals surface area contributed by atoms with Gasteiger partial charge in [0.2, 0.25) is 11.8 Å². The number of carbonyl (C=O) groups is 4. The van der Waals surface area contributed by atoms with E-state index < -0.39 is 59.5 Å². The van der Waals surface area contributed by atoms with Crippen LogP contribution in [-0.4, -0.2) is 90.9 Å². The highest BCUT2D eigenvalue weighted by molar-refractivity contribution is 6.34. The second kappa shape index (κ2) is 14.0. The normalized spacial score (nSPS) is 31.6. The molecule has 2 N–H and O–H groups in total. The van der Waals surface area contributed by atoms with E-state index in [0.717, 1.165) is 0 Å². The molecule has 1 spiro atoms. The second-order valence-corrected chi connectivity index (χ2v) is 12.5. The summed E-state index contributed by atoms with van der Waals surface area (Å²) in [5.74, 6) is -4.01. The van der Waals surface area contributed by atoms with Gasteiger partial charge in [0.25, 0.3) is 5.91 Å². The molecule has 4 heterocycles. The third-order valence-corrected chi connectivity index (χ3v) is 9.58. The molecule has 12 heteroatoms. The Morgan fingerprint density at radius 1 is 1.04 bits per heavy atom. The Balaban J connectivity index is 1.44. The number of amides is 3. The first-order chi connectivity index (χ1) is 22.8. The molecule has 4 aliphatic heterocycles. The number of anilines is 1. The van der Waals surface area contributed by atoms with Gasteiger partial charge in [-0.3, -0.25) is 19.2 Å². The van der Waals surface area contributed by atoms with E-state index in [0.29, 0.717) is 22.7 Å². The molecule has 0 unspecified atom stereocenters. The van der Waals surface area contributed by atoms with Crippen molar-refractivity contribution in [2.75, 3.05) is 38.3 Å². The zero-order valence-electron chi connectivity index (χ0n) is 26.0. The molecule has 0 saturated carbocycles. The highest BCUT2D eigenvalue weighted by Crippen LogP contribution is 2.53. The van der Waals surface area contributed by atoms with Crippen LogP contribution >= 0.6 is 11.6 Å². The SMILES string of the molecule is COC[C@H]1NC(=O)CC/C=C\[C@H]2O[C@]34C=CCN(c5ccccc5Cl)C(=O)[C@H]3N(CCCO)C(=O)[C@@H]4[C@H]2C(=O)O[C@@H]1c1ccccc1. The Morgan fingerprint density at radius 3 is 2.55 bits per heavy atom. The van der Waals surface area contributed by atoms with Crippen LogP contribution in [0.15, 0.2) is 78.9 Å². The molecule has 2 saturated heterocycles. The number of fused-ring (bicyclic) bond motifs is 2. The number of methoxy groups -OCH3 is 1. The number of carbonyl (C=O) groups excluding carboxylic acids is 4. The molecule has 248 valence electrons. The molecule has 11 nitrogen and oxygen atoms in total. The fraction of sp³-hybridized carbons (Fsp3) is 0.429. The van der Waals surface area contributed by atoms with Gasteiger partial charge in [0.1, 0.15) is 23.7 Å². The van der Waals surface area contributed by atoms with Crippen LogP contribution in [0.5, 0.6) is 0 Å². The van der Waals surface area contributed by atoms with Gasteiger partial charge in [0.05, 0.1) is 35.4 Å². The predicted molar refractivity (Wildman–Crippen MR) is 172 cm³/mol. The van der Waals surface area contributed by atoms with Crippen molar-refractivity contribution in [1.29, 1.82) is 0 Å². The molecule has 0 bridgehead atoms. The van der Waals surface area contributed by atoms with Crippen molar-refractivity contribution < 1.29 is 38.5 Å². The number of hydrogen-bond acceptors (Lipinski definition) is 8. The van der Waals surface area contributed by atoms with Crippen molar-refractivity contribution >= 4 is 41.0 Å². The summed E-state index contributed by atoms with van der Waals surface area (Å²) >= 11 is 6.53. The summed E-state index contributed by atoms with van der Waals surface area (Å²) in [7, 11) is 1.50. The van der Waals surface area contributed by atoms with E-state index in [1.54, 1.807) is 72.8 Å². The van der Waals surface area contributed by atoms with Crippen LogP contribution in [0.4, 0.5) is 5.69 Å². The first-order valence-electron chi connectivity index (χ1n) is 15.8. The van der Waals surface area contributed by atoms with E-state index in [1.165, 1.54) is 16.9 Å². The molecule has 2 fully saturated rings. The quantitative estimate of drug-likeness (QED) is 0.341. The number of nitrogens with one attached hydrogen (secondary N) is 1. The molecule has 7 atom stereocenters. The highest BCUT2D eigenvalue weighted by atomic mass is 35.5. The topological polar surface area (TPSA) is 135 Å². The molecule has 3 amide bonds. The minimum absolute atomic E-state index is 0.0669. The fourth-order valence-corrected chi connectivity index (χ4v) is 7.50. The molecule has 0 aliphatic carbocycles. The highest BCUT2D eigenvalue weighted by Gasteiger charge is 2.71. The van der Waals surface area contributed by atoms with Crippen molar-refractivity contribution in [1.82, 2.24) is 10.2 Å². The lowest BCUT2D eigenvalue weighted by Gasteiger charge is -2.35. The molecule has 47 heavy (non-hydrogen) atoms. The van der Waals surface area contributed by atoms with E-state index in [2.05, 4.69) is 5.32 Å². The maximum Gasteiger partial charge on any atom is 0.313 e. The maximum atomic E-state index is 14.5. The number of benzene rings is 2. The largest absolute Gasteiger partial charge is 0.455 e. The van der Waals surface area contributed by atoms with Crippen LogP contribution in [0.2, 0.25) is 5.02 Å². The third kappa shape index (κ3) is 6.09. The van der Waals surface area contributed by atoms with E-state index in [9.17, 15) is 24.3 Å². The van der Waals surface area contributed by atoms with Gasteiger partial charge in [-0.1, -0.05) is 78.4 Å². The number of hydrogen-bond donors (Lipinski definition) is 2. The number of halogens is 1. The summed E-state index contributed by atoms with van der Waals surface area (Å²) in [5, 5.41) is 13.0. The number of nitrogens with zero attached hydrogens (tertiary/aromatic N) is 2. The first-order valence-corrected chi connectivity index (χ1v) is 16.2. The smallest absolute Gasteiger partial charge is 0.313 e. The lowest BCUT2D eigenvalue weighted by atomic mass is 9.77. The van der Waals surface area contributed by atoms with E-state index in [1.807, 2.05) is 6.07 Å². The summed E-state index contributed by atoms with van der Waals surface area (Å²) < 4.78 is 18.4. The Hall–Kier alpha value is -4.03. The Bertz CT molecular complexity index is 1570. The minimum Gasteiger partial charge on any atom is -0.455 e. The van der Waals surface area contributed by atoms with Crippen LogP contribution in [0.3, 0.4) is 0 Å². The van der Waals surface area contributed by atoms with E-state index in [4.69, 9.17) is 25.8 Å². The van der Waals surface area contributed by atoms with Gasteiger partial charge in [-0.2, -0.15) is 0 Å². The van der Waals surface area contributed by atoms with Crippen molar-refractivity contribution in [3.05, 3.63) is 89.5 Å². The first kappa shape index (κ1) is 32.9. The number of esters is 1. The van der Waals surface area contributed by atoms with Crippen molar-refractivity contribution in [3.8, 4) is 0 Å². The zero-order chi connectivity index (χ0) is 33.1. The fourth-order valence-electron chi connectivity index (χ4n) is 7.26. The number of rotatable bonds is 7. The average molecular weight is 664 g/mol. The number of likely N-dealkylation sites (tertiary alicyclic amines) is 1. The number of allylic oxidation sites excluding steroid dienone is 1. The summed E-state index contributed by atoms with van der Waals surface area (Å²) in [6.45, 7) is 0.110. The van der Waals surface area contributed by atoms with Crippen LogP contribution < -0.4 is 10.2 Å². The lowest BCUT2D eigenvalue weighted by Crippen LogP contribution is -2.55. The molecular weight excluding hydrogens is 626 g/mol. The van der Waals surface area contributed by atoms with Gasteiger partial charge >= 0.3 is 5.97 Å². The van der Waals surface area contributed by atoms with Crippen LogP contribution in [0, 0.1) is 11.8 Å². The van der Waals surface area contributed by atoms with Crippen LogP contribution in [0.1, 0.15) is 30.9 Å². The number of para-hydroxylation sites is 1. The van der Waals surface area contributed by atoms with Crippen LogP contribution in [0.25, 0.3) is 0 Å². The Labute approximate surface area is 278 Å². The minimum atomic E-state index is -1.51. The summed E-state index contributed by atoms with van der Waals surface area (Å²) in [4.78, 5) is 59.4. The van der Waals surface area contributed by atoms with Crippen molar-refractivity contribution in [2.45, 2.75) is 49.2 Å². The second-order valence-electron chi connectivity index (χ2n) is 12.1. The zero-order valence-corrected chi connectivity index (χ0v) is 26.8. The number of cyclic esters (lactones) is 1. The van der Waals surface area contributed by atoms with Gasteiger partial charge in [-0.25, -0.2) is 0 Å².